The minimum absolute atomic E-state index is 0.125. The normalized spacial score (nSPS) is 11.8. The van der Waals surface area contributed by atoms with E-state index in [1.807, 2.05) is 11.8 Å². The van der Waals surface area contributed by atoms with Gasteiger partial charge in [-0.25, -0.2) is 8.78 Å². The van der Waals surface area contributed by atoms with Crippen molar-refractivity contribution < 1.29 is 8.78 Å². The van der Waals surface area contributed by atoms with Crippen LogP contribution in [0.15, 0.2) is 18.2 Å². The Balaban J connectivity index is 2.61. The van der Waals surface area contributed by atoms with Gasteiger partial charge < -0.3 is 5.32 Å². The minimum atomic E-state index is -0.481. The van der Waals surface area contributed by atoms with Crippen LogP contribution in [0.4, 0.5) is 8.78 Å². The molecule has 0 saturated carbocycles. The summed E-state index contributed by atoms with van der Waals surface area (Å²) >= 11 is 1.81. The molecule has 0 radical (unpaired) electrons. The zero-order chi connectivity index (χ0) is 13.6. The fraction of sp³-hybridized carbons (Fsp3) is 0.571. The number of nitrogens with one attached hydrogen (secondary N) is 1. The maximum atomic E-state index is 13.4. The smallest absolute Gasteiger partial charge is 0.130 e. The highest BCUT2D eigenvalue weighted by Gasteiger charge is 2.24. The summed E-state index contributed by atoms with van der Waals surface area (Å²) in [5.74, 6) is -0.963. The zero-order valence-corrected chi connectivity index (χ0v) is 12.0. The van der Waals surface area contributed by atoms with Crippen molar-refractivity contribution in [1.82, 2.24) is 5.32 Å². The molecule has 18 heavy (non-hydrogen) atoms. The molecule has 0 aliphatic carbocycles. The van der Waals surface area contributed by atoms with E-state index in [9.17, 15) is 8.78 Å². The predicted octanol–water partition coefficient (Wildman–Crippen LogP) is 3.98. The molecular formula is C14H21F2NS. The molecule has 0 bridgehead atoms. The number of hydrogen-bond donors (Lipinski definition) is 1. The van der Waals surface area contributed by atoms with Crippen molar-refractivity contribution in [2.24, 2.45) is 0 Å². The maximum Gasteiger partial charge on any atom is 0.130 e. The van der Waals surface area contributed by atoms with Gasteiger partial charge in [0.05, 0.1) is 0 Å². The molecule has 0 fully saturated rings. The third kappa shape index (κ3) is 3.69. The van der Waals surface area contributed by atoms with Gasteiger partial charge in [0.1, 0.15) is 11.6 Å². The van der Waals surface area contributed by atoms with Crippen LogP contribution < -0.4 is 5.32 Å². The molecule has 102 valence electrons. The molecule has 0 aromatic heterocycles. The summed E-state index contributed by atoms with van der Waals surface area (Å²) < 4.78 is 27.0. The molecule has 1 aromatic carbocycles. The first-order chi connectivity index (χ1) is 8.58. The van der Waals surface area contributed by atoms with Crippen molar-refractivity contribution in [3.8, 4) is 0 Å². The van der Waals surface area contributed by atoms with E-state index in [2.05, 4.69) is 25.4 Å². The molecule has 0 aliphatic heterocycles. The van der Waals surface area contributed by atoms with Crippen LogP contribution >= 0.6 is 11.8 Å². The van der Waals surface area contributed by atoms with Gasteiger partial charge in [-0.15, -0.1) is 0 Å². The molecule has 0 atom stereocenters. The minimum Gasteiger partial charge on any atom is -0.311 e. The Morgan fingerprint density at radius 1 is 1.17 bits per heavy atom. The monoisotopic (exact) mass is 273 g/mol. The lowest BCUT2D eigenvalue weighted by Crippen LogP contribution is -2.36. The number of thioether (sulfide) groups is 1. The number of hydrogen-bond acceptors (Lipinski definition) is 2. The van der Waals surface area contributed by atoms with E-state index >= 15 is 0 Å². The first-order valence-corrected chi connectivity index (χ1v) is 7.49. The highest BCUT2D eigenvalue weighted by molar-refractivity contribution is 8.00. The largest absolute Gasteiger partial charge is 0.311 e. The van der Waals surface area contributed by atoms with Crippen LogP contribution in [0.25, 0.3) is 0 Å². The van der Waals surface area contributed by atoms with E-state index in [4.69, 9.17) is 0 Å². The summed E-state index contributed by atoms with van der Waals surface area (Å²) in [5.41, 5.74) is 0.125. The molecule has 0 saturated heterocycles. The van der Waals surface area contributed by atoms with E-state index < -0.39 is 11.6 Å². The number of halogens is 2. The molecule has 0 amide bonds. The summed E-state index contributed by atoms with van der Waals surface area (Å²) in [6, 6.07) is 3.97. The molecule has 1 nitrogen and oxygen atoms in total. The van der Waals surface area contributed by atoms with E-state index in [1.165, 1.54) is 18.2 Å². The van der Waals surface area contributed by atoms with Gasteiger partial charge in [-0.1, -0.05) is 19.9 Å². The average Bonchev–Trinajstić information content (AvgIpc) is 2.38. The van der Waals surface area contributed by atoms with E-state index in [0.29, 0.717) is 0 Å². The average molecular weight is 273 g/mol. The van der Waals surface area contributed by atoms with Crippen molar-refractivity contribution in [2.45, 2.75) is 38.0 Å². The second-order valence-electron chi connectivity index (χ2n) is 4.40. The zero-order valence-electron chi connectivity index (χ0n) is 11.2. The van der Waals surface area contributed by atoms with Gasteiger partial charge >= 0.3 is 0 Å². The first-order valence-electron chi connectivity index (χ1n) is 6.27. The van der Waals surface area contributed by atoms with Gasteiger partial charge in [-0.05, 0) is 31.2 Å². The van der Waals surface area contributed by atoms with Gasteiger partial charge in [-0.3, -0.25) is 0 Å². The standard InChI is InChI=1S/C14H21F2NS/c1-4-14(5-2,18-3)10-17-9-11-12(15)7-6-8-13(11)16/h6-8,17H,4-5,9-10H2,1-3H3. The number of benzene rings is 1. The summed E-state index contributed by atoms with van der Waals surface area (Å²) in [5, 5.41) is 3.18. The molecule has 0 unspecified atom stereocenters. The lowest BCUT2D eigenvalue weighted by Gasteiger charge is -2.30. The van der Waals surface area contributed by atoms with Gasteiger partial charge in [0.25, 0.3) is 0 Å². The first kappa shape index (κ1) is 15.4. The van der Waals surface area contributed by atoms with Crippen LogP contribution in [-0.2, 0) is 6.54 Å². The Hall–Kier alpha value is -0.610. The summed E-state index contributed by atoms with van der Waals surface area (Å²) in [4.78, 5) is 0. The fourth-order valence-corrected chi connectivity index (χ4v) is 2.80. The van der Waals surface area contributed by atoms with Crippen LogP contribution in [-0.4, -0.2) is 17.5 Å². The molecule has 0 heterocycles. The van der Waals surface area contributed by atoms with Gasteiger partial charge in [0, 0.05) is 23.4 Å². The van der Waals surface area contributed by atoms with Crippen molar-refractivity contribution in [1.29, 1.82) is 0 Å². The second kappa shape index (κ2) is 7.10. The Kier molecular flexibility index (Phi) is 6.09. The molecule has 0 spiro atoms. The Morgan fingerprint density at radius 3 is 2.17 bits per heavy atom. The summed E-state index contributed by atoms with van der Waals surface area (Å²) in [6.45, 7) is 5.28. The van der Waals surface area contributed by atoms with E-state index in [1.54, 1.807) is 0 Å². The van der Waals surface area contributed by atoms with Crippen molar-refractivity contribution in [2.75, 3.05) is 12.8 Å². The van der Waals surface area contributed by atoms with Crippen molar-refractivity contribution >= 4 is 11.8 Å². The third-order valence-corrected chi connectivity index (χ3v) is 5.12. The lowest BCUT2D eigenvalue weighted by atomic mass is 10.0. The maximum absolute atomic E-state index is 13.4. The van der Waals surface area contributed by atoms with E-state index in [-0.39, 0.29) is 16.9 Å². The Bertz CT molecular complexity index is 350. The van der Waals surface area contributed by atoms with Crippen LogP contribution in [0.1, 0.15) is 32.3 Å². The van der Waals surface area contributed by atoms with Crippen LogP contribution in [0, 0.1) is 11.6 Å². The van der Waals surface area contributed by atoms with Gasteiger partial charge in [-0.2, -0.15) is 11.8 Å². The molecular weight excluding hydrogens is 252 g/mol. The van der Waals surface area contributed by atoms with Gasteiger partial charge in [0.15, 0.2) is 0 Å². The Labute approximate surface area is 112 Å². The molecule has 1 N–H and O–H groups in total. The number of rotatable bonds is 7. The van der Waals surface area contributed by atoms with Gasteiger partial charge in [0.2, 0.25) is 0 Å². The highest BCUT2D eigenvalue weighted by Crippen LogP contribution is 2.29. The summed E-state index contributed by atoms with van der Waals surface area (Å²) in [6.07, 6.45) is 4.16. The molecule has 1 aromatic rings. The van der Waals surface area contributed by atoms with Crippen LogP contribution in [0.2, 0.25) is 0 Å². The van der Waals surface area contributed by atoms with Crippen LogP contribution in [0.3, 0.4) is 0 Å². The lowest BCUT2D eigenvalue weighted by molar-refractivity contribution is 0.477. The fourth-order valence-electron chi connectivity index (χ4n) is 1.98. The van der Waals surface area contributed by atoms with E-state index in [0.717, 1.165) is 19.4 Å². The van der Waals surface area contributed by atoms with Crippen molar-refractivity contribution in [3.63, 3.8) is 0 Å². The summed E-state index contributed by atoms with van der Waals surface area (Å²) in [7, 11) is 0. The quantitative estimate of drug-likeness (QED) is 0.806. The molecule has 4 heteroatoms. The molecule has 1 rings (SSSR count). The van der Waals surface area contributed by atoms with Crippen LogP contribution in [0.5, 0.6) is 0 Å². The van der Waals surface area contributed by atoms with Crippen molar-refractivity contribution in [3.05, 3.63) is 35.4 Å². The topological polar surface area (TPSA) is 12.0 Å². The predicted molar refractivity (Wildman–Crippen MR) is 74.9 cm³/mol. The SMILES string of the molecule is CCC(CC)(CNCc1c(F)cccc1F)SC. The molecule has 0 aliphatic rings. The second-order valence-corrected chi connectivity index (χ2v) is 5.67. The third-order valence-electron chi connectivity index (χ3n) is 3.53. The highest BCUT2D eigenvalue weighted by atomic mass is 32.2. The Morgan fingerprint density at radius 2 is 1.72 bits per heavy atom.